The minimum atomic E-state index is 0.263. The minimum absolute atomic E-state index is 0.263. The second kappa shape index (κ2) is 9.35. The van der Waals surface area contributed by atoms with E-state index in [1.807, 2.05) is 6.08 Å². The molecule has 1 heteroatoms. The van der Waals surface area contributed by atoms with Gasteiger partial charge in [0.25, 0.3) is 0 Å². The van der Waals surface area contributed by atoms with E-state index in [1.165, 1.54) is 19.3 Å². The maximum absolute atomic E-state index is 5.32. The monoisotopic (exact) mass is 179 g/mol. The fourth-order valence-electron chi connectivity index (χ4n) is 1.19. The lowest BCUT2D eigenvalue weighted by Gasteiger charge is -2.09. The molecule has 13 heavy (non-hydrogen) atoms. The van der Waals surface area contributed by atoms with Crippen molar-refractivity contribution in [3.8, 4) is 12.3 Å². The molecule has 1 N–H and O–H groups in total. The van der Waals surface area contributed by atoms with Crippen LogP contribution in [-0.4, -0.2) is 12.6 Å². The fourth-order valence-corrected chi connectivity index (χ4v) is 1.19. The van der Waals surface area contributed by atoms with Crippen LogP contribution in [0.4, 0.5) is 0 Å². The summed E-state index contributed by atoms with van der Waals surface area (Å²) in [6.45, 7) is 6.84. The molecule has 0 aliphatic carbocycles. The van der Waals surface area contributed by atoms with Gasteiger partial charge >= 0.3 is 0 Å². The van der Waals surface area contributed by atoms with Crippen molar-refractivity contribution in [3.63, 3.8) is 0 Å². The van der Waals surface area contributed by atoms with E-state index in [0.29, 0.717) is 0 Å². The molecular weight excluding hydrogens is 158 g/mol. The van der Waals surface area contributed by atoms with Crippen LogP contribution >= 0.6 is 0 Å². The molecule has 0 amide bonds. The van der Waals surface area contributed by atoms with E-state index >= 15 is 0 Å². The topological polar surface area (TPSA) is 12.0 Å². The van der Waals surface area contributed by atoms with Crippen LogP contribution in [0.15, 0.2) is 12.7 Å². The number of allylic oxidation sites excluding steroid dienone is 1. The maximum atomic E-state index is 5.32. The Bertz CT molecular complexity index is 155. The Morgan fingerprint density at radius 3 is 2.77 bits per heavy atom. The molecule has 0 heterocycles. The highest BCUT2D eigenvalue weighted by Gasteiger charge is 1.98. The van der Waals surface area contributed by atoms with Crippen molar-refractivity contribution in [2.24, 2.45) is 0 Å². The Morgan fingerprint density at radius 2 is 2.23 bits per heavy atom. The van der Waals surface area contributed by atoms with Crippen LogP contribution < -0.4 is 5.32 Å². The third-order valence-corrected chi connectivity index (χ3v) is 2.09. The van der Waals surface area contributed by atoms with Crippen LogP contribution in [0.5, 0.6) is 0 Å². The molecule has 0 bridgehead atoms. The lowest BCUT2D eigenvalue weighted by molar-refractivity contribution is 0.554. The van der Waals surface area contributed by atoms with Gasteiger partial charge in [-0.1, -0.05) is 25.3 Å². The Labute approximate surface area is 82.6 Å². The van der Waals surface area contributed by atoms with E-state index in [0.717, 1.165) is 19.4 Å². The van der Waals surface area contributed by atoms with E-state index < -0.39 is 0 Å². The first-order chi connectivity index (χ1) is 6.35. The Hall–Kier alpha value is -0.740. The summed E-state index contributed by atoms with van der Waals surface area (Å²) in [4.78, 5) is 0. The number of hydrogen-bond acceptors (Lipinski definition) is 1. The zero-order valence-electron chi connectivity index (χ0n) is 8.68. The molecule has 0 saturated heterocycles. The molecule has 0 aromatic carbocycles. The van der Waals surface area contributed by atoms with Gasteiger partial charge in [-0.25, -0.2) is 0 Å². The molecule has 1 nitrogen and oxygen atoms in total. The van der Waals surface area contributed by atoms with Gasteiger partial charge in [-0.05, 0) is 32.2 Å². The third kappa shape index (κ3) is 7.62. The molecule has 1 atom stereocenters. The molecule has 0 fully saturated rings. The van der Waals surface area contributed by atoms with Crippen molar-refractivity contribution >= 4 is 0 Å². The van der Waals surface area contributed by atoms with Crippen LogP contribution in [0, 0.1) is 12.3 Å². The van der Waals surface area contributed by atoms with Gasteiger partial charge in [-0.2, -0.15) is 0 Å². The van der Waals surface area contributed by atoms with Gasteiger partial charge in [0.1, 0.15) is 0 Å². The van der Waals surface area contributed by atoms with Crippen LogP contribution in [0.25, 0.3) is 0 Å². The average Bonchev–Trinajstić information content (AvgIpc) is 2.17. The predicted octanol–water partition coefficient (Wildman–Crippen LogP) is 2.73. The van der Waals surface area contributed by atoms with Crippen molar-refractivity contribution in [2.75, 3.05) is 6.54 Å². The van der Waals surface area contributed by atoms with Crippen LogP contribution in [-0.2, 0) is 0 Å². The highest BCUT2D eigenvalue weighted by Crippen LogP contribution is 1.99. The lowest BCUT2D eigenvalue weighted by Crippen LogP contribution is -2.27. The van der Waals surface area contributed by atoms with Gasteiger partial charge in [-0.3, -0.25) is 0 Å². The highest BCUT2D eigenvalue weighted by atomic mass is 14.9. The summed E-state index contributed by atoms with van der Waals surface area (Å²) in [6.07, 6.45) is 13.2. The fraction of sp³-hybridized carbons (Fsp3) is 0.667. The van der Waals surface area contributed by atoms with Crippen molar-refractivity contribution in [1.82, 2.24) is 5.32 Å². The largest absolute Gasteiger partial charge is 0.304 e. The van der Waals surface area contributed by atoms with Crippen LogP contribution in [0.2, 0.25) is 0 Å². The lowest BCUT2D eigenvalue weighted by atomic mass is 10.2. The van der Waals surface area contributed by atoms with E-state index in [9.17, 15) is 0 Å². The van der Waals surface area contributed by atoms with Crippen molar-refractivity contribution in [1.29, 1.82) is 0 Å². The first-order valence-corrected chi connectivity index (χ1v) is 5.15. The second-order valence-corrected chi connectivity index (χ2v) is 3.22. The molecule has 0 aromatic rings. The Balaban J connectivity index is 3.15. The smallest absolute Gasteiger partial charge is 0.0684 e. The Kier molecular flexibility index (Phi) is 8.82. The van der Waals surface area contributed by atoms with Gasteiger partial charge in [0.15, 0.2) is 0 Å². The van der Waals surface area contributed by atoms with Gasteiger partial charge in [0.2, 0.25) is 0 Å². The molecule has 74 valence electrons. The number of nitrogens with one attached hydrogen (secondary N) is 1. The maximum Gasteiger partial charge on any atom is 0.0684 e. The van der Waals surface area contributed by atoms with Crippen LogP contribution in [0.1, 0.15) is 39.0 Å². The number of unbranched alkanes of at least 4 members (excludes halogenated alkanes) is 3. The number of rotatable bonds is 8. The summed E-state index contributed by atoms with van der Waals surface area (Å²) in [6, 6.07) is 0.263. The highest BCUT2D eigenvalue weighted by molar-refractivity contribution is 4.97. The second-order valence-electron chi connectivity index (χ2n) is 3.22. The van der Waals surface area contributed by atoms with Crippen molar-refractivity contribution < 1.29 is 0 Å². The van der Waals surface area contributed by atoms with Gasteiger partial charge in [0.05, 0.1) is 6.04 Å². The summed E-state index contributed by atoms with van der Waals surface area (Å²) in [5.41, 5.74) is 0. The molecule has 0 aliphatic rings. The third-order valence-electron chi connectivity index (χ3n) is 2.09. The van der Waals surface area contributed by atoms with E-state index in [-0.39, 0.29) is 6.04 Å². The first kappa shape index (κ1) is 12.3. The quantitative estimate of drug-likeness (QED) is 0.343. The van der Waals surface area contributed by atoms with Crippen molar-refractivity contribution in [3.05, 3.63) is 12.7 Å². The molecule has 0 aromatic heterocycles. The molecular formula is C12H21N. The summed E-state index contributed by atoms with van der Waals surface area (Å²) in [7, 11) is 0. The van der Waals surface area contributed by atoms with E-state index in [1.54, 1.807) is 0 Å². The van der Waals surface area contributed by atoms with Gasteiger partial charge in [0, 0.05) is 0 Å². The molecule has 0 saturated carbocycles. The zero-order chi connectivity index (χ0) is 9.94. The molecule has 0 spiro atoms. The average molecular weight is 179 g/mol. The molecule has 0 radical (unpaired) electrons. The molecule has 0 aliphatic heterocycles. The molecule has 1 unspecified atom stereocenters. The summed E-state index contributed by atoms with van der Waals surface area (Å²) in [5, 5.41) is 3.33. The summed E-state index contributed by atoms with van der Waals surface area (Å²) >= 11 is 0. The minimum Gasteiger partial charge on any atom is -0.304 e. The van der Waals surface area contributed by atoms with E-state index in [4.69, 9.17) is 6.42 Å². The predicted molar refractivity (Wildman–Crippen MR) is 59.6 cm³/mol. The van der Waals surface area contributed by atoms with Gasteiger partial charge < -0.3 is 5.32 Å². The number of hydrogen-bond donors (Lipinski definition) is 1. The van der Waals surface area contributed by atoms with Crippen LogP contribution in [0.3, 0.4) is 0 Å². The summed E-state index contributed by atoms with van der Waals surface area (Å²) in [5.74, 6) is 2.73. The summed E-state index contributed by atoms with van der Waals surface area (Å²) < 4.78 is 0. The van der Waals surface area contributed by atoms with Crippen molar-refractivity contribution in [2.45, 2.75) is 45.1 Å². The van der Waals surface area contributed by atoms with Gasteiger partial charge in [-0.15, -0.1) is 13.0 Å². The standard InChI is InChI=1S/C12H21N/c1-4-7-8-9-10-11-13-12(5-2)6-3/h2,4,12-13H,1,6-11H2,3H3. The van der Waals surface area contributed by atoms with E-state index in [2.05, 4.69) is 24.7 Å². The molecule has 0 rings (SSSR count). The SMILES string of the molecule is C#CC(CC)NCCCCCC=C. The Morgan fingerprint density at radius 1 is 1.46 bits per heavy atom. The zero-order valence-corrected chi connectivity index (χ0v) is 8.68. The number of terminal acetylenes is 1. The normalized spacial score (nSPS) is 12.0. The first-order valence-electron chi connectivity index (χ1n) is 5.15.